The van der Waals surface area contributed by atoms with E-state index in [1.54, 1.807) is 0 Å². The lowest BCUT2D eigenvalue weighted by molar-refractivity contribution is -0.128. The van der Waals surface area contributed by atoms with E-state index in [0.717, 1.165) is 19.4 Å². The number of rotatable bonds is 1. The Kier molecular flexibility index (Phi) is 2.18. The highest BCUT2D eigenvalue weighted by Crippen LogP contribution is 2.21. The zero-order valence-electron chi connectivity index (χ0n) is 7.18. The summed E-state index contributed by atoms with van der Waals surface area (Å²) >= 11 is 0. The fraction of sp³-hybridized carbons (Fsp3) is 0.875. The van der Waals surface area contributed by atoms with Crippen LogP contribution in [0.1, 0.15) is 26.7 Å². The SMILES string of the molecule is CC(C)(N)[C@@H]1CCCNC1=O. The first kappa shape index (κ1) is 8.53. The maximum Gasteiger partial charge on any atom is 0.224 e. The molecule has 3 heteroatoms. The summed E-state index contributed by atoms with van der Waals surface area (Å²) < 4.78 is 0. The van der Waals surface area contributed by atoms with Crippen LogP contribution in [0.15, 0.2) is 0 Å². The van der Waals surface area contributed by atoms with Crippen molar-refractivity contribution in [2.24, 2.45) is 11.7 Å². The van der Waals surface area contributed by atoms with Gasteiger partial charge in [0.15, 0.2) is 0 Å². The van der Waals surface area contributed by atoms with Crippen LogP contribution in [-0.4, -0.2) is 18.0 Å². The molecule has 1 saturated heterocycles. The highest BCUT2D eigenvalue weighted by atomic mass is 16.2. The van der Waals surface area contributed by atoms with Gasteiger partial charge in [0, 0.05) is 12.1 Å². The highest BCUT2D eigenvalue weighted by molar-refractivity contribution is 5.80. The van der Waals surface area contributed by atoms with Gasteiger partial charge in [-0.25, -0.2) is 0 Å². The molecular formula is C8H16N2O. The van der Waals surface area contributed by atoms with E-state index in [4.69, 9.17) is 5.73 Å². The van der Waals surface area contributed by atoms with E-state index in [9.17, 15) is 4.79 Å². The number of nitrogens with two attached hydrogens (primary N) is 1. The summed E-state index contributed by atoms with van der Waals surface area (Å²) in [5, 5.41) is 2.82. The van der Waals surface area contributed by atoms with Crippen LogP contribution in [-0.2, 0) is 4.79 Å². The van der Waals surface area contributed by atoms with Crippen molar-refractivity contribution in [3.63, 3.8) is 0 Å². The predicted molar refractivity (Wildman–Crippen MR) is 44.0 cm³/mol. The Morgan fingerprint density at radius 3 is 2.64 bits per heavy atom. The van der Waals surface area contributed by atoms with Crippen LogP contribution in [0.25, 0.3) is 0 Å². The largest absolute Gasteiger partial charge is 0.356 e. The van der Waals surface area contributed by atoms with E-state index in [1.165, 1.54) is 0 Å². The smallest absolute Gasteiger partial charge is 0.224 e. The molecule has 1 rings (SSSR count). The fourth-order valence-electron chi connectivity index (χ4n) is 1.48. The van der Waals surface area contributed by atoms with Gasteiger partial charge in [-0.15, -0.1) is 0 Å². The third-order valence-corrected chi connectivity index (χ3v) is 2.18. The van der Waals surface area contributed by atoms with Crippen molar-refractivity contribution in [1.29, 1.82) is 0 Å². The number of nitrogens with one attached hydrogen (secondary N) is 1. The van der Waals surface area contributed by atoms with E-state index in [1.807, 2.05) is 13.8 Å². The number of amides is 1. The van der Waals surface area contributed by atoms with Crippen LogP contribution in [0.5, 0.6) is 0 Å². The van der Waals surface area contributed by atoms with Gasteiger partial charge in [-0.3, -0.25) is 4.79 Å². The molecule has 0 aliphatic carbocycles. The van der Waals surface area contributed by atoms with Crippen molar-refractivity contribution in [3.05, 3.63) is 0 Å². The number of piperidine rings is 1. The van der Waals surface area contributed by atoms with Crippen LogP contribution in [0.4, 0.5) is 0 Å². The van der Waals surface area contributed by atoms with E-state index in [2.05, 4.69) is 5.32 Å². The molecule has 0 aromatic heterocycles. The summed E-state index contributed by atoms with van der Waals surface area (Å²) in [6.45, 7) is 4.62. The third kappa shape index (κ3) is 1.93. The second kappa shape index (κ2) is 2.81. The van der Waals surface area contributed by atoms with Crippen molar-refractivity contribution < 1.29 is 4.79 Å². The van der Waals surface area contributed by atoms with Crippen molar-refractivity contribution in [2.45, 2.75) is 32.2 Å². The summed E-state index contributed by atoms with van der Waals surface area (Å²) in [6, 6.07) is 0. The second-order valence-electron chi connectivity index (χ2n) is 3.81. The summed E-state index contributed by atoms with van der Waals surface area (Å²) in [5.41, 5.74) is 5.47. The molecule has 0 spiro atoms. The lowest BCUT2D eigenvalue weighted by atomic mass is 9.82. The summed E-state index contributed by atoms with van der Waals surface area (Å²) in [5.74, 6) is 0.111. The van der Waals surface area contributed by atoms with Gasteiger partial charge in [0.25, 0.3) is 0 Å². The highest BCUT2D eigenvalue weighted by Gasteiger charge is 2.33. The van der Waals surface area contributed by atoms with Crippen molar-refractivity contribution in [3.8, 4) is 0 Å². The molecule has 0 aromatic carbocycles. The molecule has 0 saturated carbocycles. The van der Waals surface area contributed by atoms with Gasteiger partial charge >= 0.3 is 0 Å². The Bertz CT molecular complexity index is 160. The maximum atomic E-state index is 11.2. The van der Waals surface area contributed by atoms with E-state index >= 15 is 0 Å². The molecular weight excluding hydrogens is 140 g/mol. The Morgan fingerprint density at radius 2 is 2.27 bits per heavy atom. The van der Waals surface area contributed by atoms with Crippen LogP contribution < -0.4 is 11.1 Å². The average Bonchev–Trinajstić information content (AvgIpc) is 1.86. The molecule has 11 heavy (non-hydrogen) atoms. The molecule has 1 aliphatic rings. The summed E-state index contributed by atoms with van der Waals surface area (Å²) in [4.78, 5) is 11.2. The number of hydrogen-bond donors (Lipinski definition) is 2. The molecule has 0 unspecified atom stereocenters. The molecule has 0 aromatic rings. The van der Waals surface area contributed by atoms with E-state index < -0.39 is 0 Å². The van der Waals surface area contributed by atoms with Crippen molar-refractivity contribution >= 4 is 5.91 Å². The number of carbonyl (C=O) groups is 1. The molecule has 1 fully saturated rings. The Balaban J connectivity index is 2.62. The number of carbonyl (C=O) groups excluding carboxylic acids is 1. The number of hydrogen-bond acceptors (Lipinski definition) is 2. The lowest BCUT2D eigenvalue weighted by Crippen LogP contribution is -2.51. The summed E-state index contributed by atoms with van der Waals surface area (Å²) in [7, 11) is 0. The van der Waals surface area contributed by atoms with E-state index in [-0.39, 0.29) is 17.4 Å². The molecule has 1 atom stereocenters. The zero-order chi connectivity index (χ0) is 8.48. The topological polar surface area (TPSA) is 55.1 Å². The van der Waals surface area contributed by atoms with E-state index in [0.29, 0.717) is 0 Å². The van der Waals surface area contributed by atoms with Crippen LogP contribution >= 0.6 is 0 Å². The summed E-state index contributed by atoms with van der Waals surface area (Å²) in [6.07, 6.45) is 1.98. The normalized spacial score (nSPS) is 26.5. The minimum absolute atomic E-state index is 0.00347. The van der Waals surface area contributed by atoms with Gasteiger partial charge in [-0.1, -0.05) is 0 Å². The standard InChI is InChI=1S/C8H16N2O/c1-8(2,9)6-4-3-5-10-7(6)11/h6H,3-5,9H2,1-2H3,(H,10,11)/t6-/m1/s1. The Morgan fingerprint density at radius 1 is 1.64 bits per heavy atom. The van der Waals surface area contributed by atoms with Crippen LogP contribution in [0.2, 0.25) is 0 Å². The first-order valence-electron chi connectivity index (χ1n) is 4.08. The van der Waals surface area contributed by atoms with Gasteiger partial charge in [-0.2, -0.15) is 0 Å². The molecule has 0 radical (unpaired) electrons. The molecule has 1 heterocycles. The first-order chi connectivity index (χ1) is 5.02. The van der Waals surface area contributed by atoms with Gasteiger partial charge in [0.1, 0.15) is 0 Å². The molecule has 1 amide bonds. The van der Waals surface area contributed by atoms with Gasteiger partial charge < -0.3 is 11.1 Å². The Labute approximate surface area is 67.3 Å². The monoisotopic (exact) mass is 156 g/mol. The quantitative estimate of drug-likeness (QED) is 0.571. The maximum absolute atomic E-state index is 11.2. The molecule has 3 nitrogen and oxygen atoms in total. The van der Waals surface area contributed by atoms with Gasteiger partial charge in [0.05, 0.1) is 5.92 Å². The predicted octanol–water partition coefficient (Wildman–Crippen LogP) is 0.250. The Hall–Kier alpha value is -0.570. The second-order valence-corrected chi connectivity index (χ2v) is 3.81. The third-order valence-electron chi connectivity index (χ3n) is 2.18. The zero-order valence-corrected chi connectivity index (χ0v) is 7.18. The van der Waals surface area contributed by atoms with Crippen molar-refractivity contribution in [1.82, 2.24) is 5.32 Å². The van der Waals surface area contributed by atoms with Gasteiger partial charge in [0.2, 0.25) is 5.91 Å². The minimum Gasteiger partial charge on any atom is -0.356 e. The minimum atomic E-state index is -0.371. The lowest BCUT2D eigenvalue weighted by Gasteiger charge is -2.32. The van der Waals surface area contributed by atoms with Crippen molar-refractivity contribution in [2.75, 3.05) is 6.54 Å². The molecule has 3 N–H and O–H groups in total. The fourth-order valence-corrected chi connectivity index (χ4v) is 1.48. The molecule has 0 bridgehead atoms. The van der Waals surface area contributed by atoms with Crippen LogP contribution in [0, 0.1) is 5.92 Å². The average molecular weight is 156 g/mol. The van der Waals surface area contributed by atoms with Gasteiger partial charge in [-0.05, 0) is 26.7 Å². The van der Waals surface area contributed by atoms with Crippen LogP contribution in [0.3, 0.4) is 0 Å². The molecule has 64 valence electrons. The first-order valence-corrected chi connectivity index (χ1v) is 4.08. The molecule has 1 aliphatic heterocycles.